The highest BCUT2D eigenvalue weighted by molar-refractivity contribution is 5.97. The van der Waals surface area contributed by atoms with Crippen molar-refractivity contribution >= 4 is 11.8 Å². The van der Waals surface area contributed by atoms with E-state index in [1.54, 1.807) is 12.1 Å². The maximum atomic E-state index is 12.3. The molecule has 114 valence electrons. The highest BCUT2D eigenvalue weighted by Crippen LogP contribution is 2.21. The van der Waals surface area contributed by atoms with Gasteiger partial charge in [-0.05, 0) is 40.2 Å². The molecule has 1 aliphatic heterocycles. The van der Waals surface area contributed by atoms with E-state index in [9.17, 15) is 9.59 Å². The van der Waals surface area contributed by atoms with Gasteiger partial charge in [0.1, 0.15) is 11.6 Å². The Morgan fingerprint density at radius 2 is 1.90 bits per heavy atom. The molecule has 0 aliphatic carbocycles. The second-order valence-corrected chi connectivity index (χ2v) is 6.45. The number of ether oxygens (including phenoxy) is 1. The van der Waals surface area contributed by atoms with Crippen LogP contribution in [-0.2, 0) is 9.53 Å². The molecule has 1 saturated heterocycles. The summed E-state index contributed by atoms with van der Waals surface area (Å²) in [5.74, 6) is -0.174. The number of hydrogen-bond donors (Lipinski definition) is 0. The van der Waals surface area contributed by atoms with Crippen LogP contribution < -0.4 is 0 Å². The third kappa shape index (κ3) is 4.39. The average molecular weight is 289 g/mol. The molecule has 21 heavy (non-hydrogen) atoms. The highest BCUT2D eigenvalue weighted by Gasteiger charge is 2.34. The van der Waals surface area contributed by atoms with Crippen molar-refractivity contribution in [3.8, 4) is 0 Å². The SMILES string of the molecule is CC(C)(C)OC(=O)C1CCCN1CC(=O)c1ccccc1. The fraction of sp³-hybridized carbons (Fsp3) is 0.529. The van der Waals surface area contributed by atoms with Gasteiger partial charge in [-0.1, -0.05) is 30.3 Å². The average Bonchev–Trinajstić information content (AvgIpc) is 2.86. The second kappa shape index (κ2) is 6.39. The molecule has 1 unspecified atom stereocenters. The number of likely N-dealkylation sites (tertiary alicyclic amines) is 1. The molecule has 0 amide bonds. The van der Waals surface area contributed by atoms with E-state index in [-0.39, 0.29) is 24.3 Å². The van der Waals surface area contributed by atoms with Gasteiger partial charge in [-0.15, -0.1) is 0 Å². The molecule has 2 rings (SSSR count). The van der Waals surface area contributed by atoms with Crippen LogP contribution in [0.4, 0.5) is 0 Å². The minimum absolute atomic E-state index is 0.0473. The maximum Gasteiger partial charge on any atom is 0.323 e. The van der Waals surface area contributed by atoms with Gasteiger partial charge >= 0.3 is 5.97 Å². The summed E-state index contributed by atoms with van der Waals surface area (Å²) in [6.07, 6.45) is 1.68. The van der Waals surface area contributed by atoms with Crippen molar-refractivity contribution in [3.05, 3.63) is 35.9 Å². The van der Waals surface area contributed by atoms with Crippen molar-refractivity contribution in [2.24, 2.45) is 0 Å². The molecule has 0 spiro atoms. The third-order valence-corrected chi connectivity index (χ3v) is 3.48. The first-order valence-electron chi connectivity index (χ1n) is 7.42. The standard InChI is InChI=1S/C17H23NO3/c1-17(2,3)21-16(20)14-10-7-11-18(14)12-15(19)13-8-5-4-6-9-13/h4-6,8-9,14H,7,10-12H2,1-3H3. The first kappa shape index (κ1) is 15.7. The van der Waals surface area contributed by atoms with Crippen molar-refractivity contribution in [2.45, 2.75) is 45.3 Å². The quantitative estimate of drug-likeness (QED) is 0.631. The van der Waals surface area contributed by atoms with Crippen molar-refractivity contribution in [1.82, 2.24) is 4.90 Å². The number of carbonyl (C=O) groups excluding carboxylic acids is 2. The molecule has 4 nitrogen and oxygen atoms in total. The van der Waals surface area contributed by atoms with Crippen LogP contribution in [0.3, 0.4) is 0 Å². The minimum Gasteiger partial charge on any atom is -0.459 e. The lowest BCUT2D eigenvalue weighted by Crippen LogP contribution is -2.42. The molecule has 0 bridgehead atoms. The van der Waals surface area contributed by atoms with Crippen molar-refractivity contribution in [3.63, 3.8) is 0 Å². The number of Topliss-reactive ketones (excluding diaryl/α,β-unsaturated/α-hetero) is 1. The molecule has 0 saturated carbocycles. The molecule has 0 aromatic heterocycles. The minimum atomic E-state index is -0.491. The van der Waals surface area contributed by atoms with E-state index in [4.69, 9.17) is 4.74 Å². The van der Waals surface area contributed by atoms with E-state index in [0.717, 1.165) is 19.4 Å². The Balaban J connectivity index is 1.99. The van der Waals surface area contributed by atoms with Crippen LogP contribution in [0.15, 0.2) is 30.3 Å². The van der Waals surface area contributed by atoms with Gasteiger partial charge in [-0.25, -0.2) is 0 Å². The number of rotatable bonds is 4. The molecule has 1 aliphatic rings. The first-order valence-corrected chi connectivity index (χ1v) is 7.42. The molecule has 4 heteroatoms. The van der Waals surface area contributed by atoms with Gasteiger partial charge in [0.25, 0.3) is 0 Å². The van der Waals surface area contributed by atoms with Crippen LogP contribution in [0.5, 0.6) is 0 Å². The number of carbonyl (C=O) groups is 2. The predicted octanol–water partition coefficient (Wildman–Crippen LogP) is 2.68. The monoisotopic (exact) mass is 289 g/mol. The molecule has 1 heterocycles. The van der Waals surface area contributed by atoms with Gasteiger partial charge in [0, 0.05) is 5.56 Å². The molecule has 1 fully saturated rings. The van der Waals surface area contributed by atoms with Crippen molar-refractivity contribution < 1.29 is 14.3 Å². The Bertz CT molecular complexity index is 505. The topological polar surface area (TPSA) is 46.6 Å². The largest absolute Gasteiger partial charge is 0.459 e. The summed E-state index contributed by atoms with van der Waals surface area (Å²) < 4.78 is 5.45. The van der Waals surface area contributed by atoms with Crippen LogP contribution in [0.25, 0.3) is 0 Å². The van der Waals surface area contributed by atoms with E-state index >= 15 is 0 Å². The van der Waals surface area contributed by atoms with E-state index in [0.29, 0.717) is 5.56 Å². The number of hydrogen-bond acceptors (Lipinski definition) is 4. The molecule has 1 aromatic rings. The molecule has 1 atom stereocenters. The number of nitrogens with zero attached hydrogens (tertiary/aromatic N) is 1. The van der Waals surface area contributed by atoms with Crippen LogP contribution in [0, 0.1) is 0 Å². The highest BCUT2D eigenvalue weighted by atomic mass is 16.6. The smallest absolute Gasteiger partial charge is 0.323 e. The summed E-state index contributed by atoms with van der Waals surface area (Å²) in [6, 6.07) is 8.90. The molecule has 0 N–H and O–H groups in total. The summed E-state index contributed by atoms with van der Waals surface area (Å²) in [7, 11) is 0. The van der Waals surface area contributed by atoms with E-state index in [1.807, 2.05) is 43.9 Å². The normalized spacial score (nSPS) is 19.5. The van der Waals surface area contributed by atoms with Crippen LogP contribution in [-0.4, -0.2) is 41.4 Å². The first-order chi connectivity index (χ1) is 9.87. The molecule has 1 aromatic carbocycles. The predicted molar refractivity (Wildman–Crippen MR) is 81.2 cm³/mol. The van der Waals surface area contributed by atoms with Gasteiger partial charge in [0.2, 0.25) is 0 Å². The summed E-state index contributed by atoms with van der Waals surface area (Å²) in [5.41, 5.74) is 0.196. The van der Waals surface area contributed by atoms with Crippen LogP contribution in [0.1, 0.15) is 44.0 Å². The zero-order chi connectivity index (χ0) is 15.5. The van der Waals surface area contributed by atoms with Crippen molar-refractivity contribution in [2.75, 3.05) is 13.1 Å². The van der Waals surface area contributed by atoms with Crippen LogP contribution in [0.2, 0.25) is 0 Å². The van der Waals surface area contributed by atoms with Gasteiger partial charge < -0.3 is 4.74 Å². The Morgan fingerprint density at radius 3 is 2.52 bits per heavy atom. The van der Waals surface area contributed by atoms with Gasteiger partial charge in [0.05, 0.1) is 6.54 Å². The zero-order valence-electron chi connectivity index (χ0n) is 13.0. The summed E-state index contributed by atoms with van der Waals surface area (Å²) in [6.45, 7) is 6.62. The fourth-order valence-electron chi connectivity index (χ4n) is 2.55. The van der Waals surface area contributed by atoms with E-state index < -0.39 is 5.60 Å². The molecule has 0 radical (unpaired) electrons. The van der Waals surface area contributed by atoms with E-state index in [1.165, 1.54) is 0 Å². The zero-order valence-corrected chi connectivity index (χ0v) is 13.0. The van der Waals surface area contributed by atoms with Gasteiger partial charge in [-0.2, -0.15) is 0 Å². The van der Waals surface area contributed by atoms with E-state index in [2.05, 4.69) is 0 Å². The Kier molecular flexibility index (Phi) is 4.78. The van der Waals surface area contributed by atoms with Crippen LogP contribution >= 0.6 is 0 Å². The Labute approximate surface area is 126 Å². The Hall–Kier alpha value is -1.68. The lowest BCUT2D eigenvalue weighted by atomic mass is 10.1. The molecular weight excluding hydrogens is 266 g/mol. The fourth-order valence-corrected chi connectivity index (χ4v) is 2.55. The number of benzene rings is 1. The second-order valence-electron chi connectivity index (χ2n) is 6.45. The summed E-state index contributed by atoms with van der Waals surface area (Å²) in [4.78, 5) is 26.4. The Morgan fingerprint density at radius 1 is 1.24 bits per heavy atom. The third-order valence-electron chi connectivity index (χ3n) is 3.48. The summed E-state index contributed by atoms with van der Waals surface area (Å²) in [5, 5.41) is 0. The number of ketones is 1. The summed E-state index contributed by atoms with van der Waals surface area (Å²) >= 11 is 0. The lowest BCUT2D eigenvalue weighted by Gasteiger charge is -2.26. The lowest BCUT2D eigenvalue weighted by molar-refractivity contribution is -0.160. The van der Waals surface area contributed by atoms with Gasteiger partial charge in [-0.3, -0.25) is 14.5 Å². The molecular formula is C17H23NO3. The van der Waals surface area contributed by atoms with Gasteiger partial charge in [0.15, 0.2) is 5.78 Å². The maximum absolute atomic E-state index is 12.3. The van der Waals surface area contributed by atoms with Crippen molar-refractivity contribution in [1.29, 1.82) is 0 Å². The number of esters is 1.